The van der Waals surface area contributed by atoms with Gasteiger partial charge in [-0.05, 0) is 30.5 Å². The maximum atomic E-state index is 13.1. The number of rotatable bonds is 6. The minimum absolute atomic E-state index is 0.00129. The molecule has 3 aromatic carbocycles. The molecule has 166 valence electrons. The second-order valence-electron chi connectivity index (χ2n) is 7.37. The van der Waals surface area contributed by atoms with E-state index in [0.29, 0.717) is 34.8 Å². The minimum atomic E-state index is -0.439. The average molecular weight is 478 g/mol. The Kier molecular flexibility index (Phi) is 5.76. The van der Waals surface area contributed by atoms with Gasteiger partial charge in [-0.15, -0.1) is 11.3 Å². The van der Waals surface area contributed by atoms with Crippen LogP contribution in [0.2, 0.25) is 0 Å². The number of hydrogen-bond acceptors (Lipinski definition) is 6. The molecule has 0 N–H and O–H groups in total. The Morgan fingerprint density at radius 1 is 1.09 bits per heavy atom. The molecule has 5 aromatic rings. The van der Waals surface area contributed by atoms with Crippen molar-refractivity contribution < 1.29 is 14.5 Å². The van der Waals surface area contributed by atoms with E-state index in [-0.39, 0.29) is 11.6 Å². The Labute approximate surface area is 196 Å². The molecule has 0 atom stereocenters. The highest BCUT2D eigenvalue weighted by molar-refractivity contribution is 7.21. The maximum Gasteiger partial charge on any atom is 0.289 e. The normalized spacial score (nSPS) is 12.2. The van der Waals surface area contributed by atoms with Crippen molar-refractivity contribution in [2.75, 3.05) is 13.2 Å². The number of thiazole rings is 1. The van der Waals surface area contributed by atoms with Crippen molar-refractivity contribution in [2.24, 2.45) is 4.99 Å². The molecule has 0 aliphatic rings. The van der Waals surface area contributed by atoms with Crippen LogP contribution < -0.4 is 4.80 Å². The van der Waals surface area contributed by atoms with E-state index < -0.39 is 4.92 Å². The summed E-state index contributed by atoms with van der Waals surface area (Å²) in [5.74, 6) is -0.361. The highest BCUT2D eigenvalue weighted by Gasteiger charge is 2.15. The van der Waals surface area contributed by atoms with E-state index in [1.807, 2.05) is 23.6 Å². The van der Waals surface area contributed by atoms with Crippen LogP contribution in [-0.4, -0.2) is 28.6 Å². The van der Waals surface area contributed by atoms with Gasteiger partial charge in [-0.1, -0.05) is 41.7 Å². The zero-order chi connectivity index (χ0) is 22.9. The Hall–Kier alpha value is -3.40. The molecular formula is C24H19N3O4S2. The topological polar surface area (TPSA) is 86.7 Å². The van der Waals surface area contributed by atoms with Crippen molar-refractivity contribution in [2.45, 2.75) is 13.5 Å². The van der Waals surface area contributed by atoms with Gasteiger partial charge in [0.25, 0.3) is 11.6 Å². The number of ether oxygens (including phenoxy) is 1. The predicted molar refractivity (Wildman–Crippen MR) is 132 cm³/mol. The van der Waals surface area contributed by atoms with Crippen molar-refractivity contribution in [1.82, 2.24) is 4.57 Å². The molecule has 33 heavy (non-hydrogen) atoms. The van der Waals surface area contributed by atoms with Gasteiger partial charge >= 0.3 is 0 Å². The van der Waals surface area contributed by atoms with Gasteiger partial charge in [0, 0.05) is 40.8 Å². The van der Waals surface area contributed by atoms with Gasteiger partial charge in [0.2, 0.25) is 0 Å². The predicted octanol–water partition coefficient (Wildman–Crippen LogP) is 5.76. The summed E-state index contributed by atoms with van der Waals surface area (Å²) >= 11 is 2.77. The number of amides is 1. The Bertz CT molecular complexity index is 1600. The number of fused-ring (bicyclic) bond motifs is 4. The van der Waals surface area contributed by atoms with E-state index in [9.17, 15) is 14.9 Å². The fourth-order valence-electron chi connectivity index (χ4n) is 3.79. The van der Waals surface area contributed by atoms with E-state index in [0.717, 1.165) is 25.7 Å². The van der Waals surface area contributed by atoms with Gasteiger partial charge in [0.15, 0.2) is 4.80 Å². The summed E-state index contributed by atoms with van der Waals surface area (Å²) < 4.78 is 9.47. The fraction of sp³-hybridized carbons (Fsp3) is 0.167. The standard InChI is InChI=1S/C24H19N3O4S2/c1-2-31-12-11-26-19-9-7-15-5-3-4-6-18(15)22(19)33-24(26)25-23(28)21-14-16-13-17(27(29)30)8-10-20(16)32-21/h3-10,13-14H,2,11-12H2,1H3. The zero-order valence-corrected chi connectivity index (χ0v) is 19.3. The molecule has 0 saturated heterocycles. The molecule has 7 nitrogen and oxygen atoms in total. The van der Waals surface area contributed by atoms with Gasteiger partial charge in [0.05, 0.1) is 26.6 Å². The lowest BCUT2D eigenvalue weighted by Gasteiger charge is -2.06. The second-order valence-corrected chi connectivity index (χ2v) is 9.44. The van der Waals surface area contributed by atoms with Crippen molar-refractivity contribution in [3.63, 3.8) is 0 Å². The summed E-state index contributed by atoms with van der Waals surface area (Å²) in [5, 5.41) is 14.0. The molecule has 0 aliphatic carbocycles. The first-order valence-electron chi connectivity index (χ1n) is 10.4. The number of aromatic nitrogens is 1. The molecule has 5 rings (SSSR count). The summed E-state index contributed by atoms with van der Waals surface area (Å²) in [7, 11) is 0. The largest absolute Gasteiger partial charge is 0.380 e. The van der Waals surface area contributed by atoms with Crippen LogP contribution in [0, 0.1) is 10.1 Å². The van der Waals surface area contributed by atoms with Crippen LogP contribution in [0.25, 0.3) is 31.1 Å². The number of nitro groups is 1. The van der Waals surface area contributed by atoms with Gasteiger partial charge < -0.3 is 9.30 Å². The van der Waals surface area contributed by atoms with Crippen molar-refractivity contribution in [3.05, 3.63) is 80.5 Å². The number of thiophene rings is 1. The molecule has 0 unspecified atom stereocenters. The van der Waals surface area contributed by atoms with Gasteiger partial charge in [-0.3, -0.25) is 14.9 Å². The Balaban J connectivity index is 1.62. The number of hydrogen-bond donors (Lipinski definition) is 0. The molecule has 0 spiro atoms. The summed E-state index contributed by atoms with van der Waals surface area (Å²) in [5.41, 5.74) is 1.01. The first-order chi connectivity index (χ1) is 16.0. The smallest absolute Gasteiger partial charge is 0.289 e. The molecule has 0 saturated carbocycles. The third-order valence-corrected chi connectivity index (χ3v) is 7.59. The van der Waals surface area contributed by atoms with Crippen LogP contribution >= 0.6 is 22.7 Å². The molecule has 0 fully saturated rings. The summed E-state index contributed by atoms with van der Waals surface area (Å²) in [6.45, 7) is 3.66. The molecule has 0 radical (unpaired) electrons. The van der Waals surface area contributed by atoms with Gasteiger partial charge in [-0.25, -0.2) is 0 Å². The van der Waals surface area contributed by atoms with Crippen LogP contribution in [0.4, 0.5) is 5.69 Å². The summed E-state index contributed by atoms with van der Waals surface area (Å²) in [4.78, 5) is 29.2. The highest BCUT2D eigenvalue weighted by Crippen LogP contribution is 2.30. The lowest BCUT2D eigenvalue weighted by atomic mass is 10.1. The lowest BCUT2D eigenvalue weighted by molar-refractivity contribution is -0.384. The molecule has 1 amide bonds. The molecule has 2 heterocycles. The highest BCUT2D eigenvalue weighted by atomic mass is 32.1. The minimum Gasteiger partial charge on any atom is -0.380 e. The van der Waals surface area contributed by atoms with Crippen LogP contribution in [0.1, 0.15) is 16.6 Å². The summed E-state index contributed by atoms with van der Waals surface area (Å²) in [6, 6.07) is 18.6. The number of carbonyl (C=O) groups excluding carboxylic acids is 1. The first-order valence-corrected chi connectivity index (χ1v) is 12.0. The van der Waals surface area contributed by atoms with E-state index >= 15 is 0 Å². The van der Waals surface area contributed by atoms with Crippen molar-refractivity contribution >= 4 is 65.3 Å². The summed E-state index contributed by atoms with van der Waals surface area (Å²) in [6.07, 6.45) is 0. The Morgan fingerprint density at radius 2 is 1.94 bits per heavy atom. The number of nitrogens with zero attached hydrogens (tertiary/aromatic N) is 3. The van der Waals surface area contributed by atoms with Gasteiger partial charge in [-0.2, -0.15) is 4.99 Å². The maximum absolute atomic E-state index is 13.1. The van der Waals surface area contributed by atoms with E-state index in [1.165, 1.54) is 34.8 Å². The van der Waals surface area contributed by atoms with Crippen LogP contribution in [0.5, 0.6) is 0 Å². The second kappa shape index (κ2) is 8.86. The molecule has 9 heteroatoms. The molecule has 2 aromatic heterocycles. The van der Waals surface area contributed by atoms with Crippen molar-refractivity contribution in [1.29, 1.82) is 0 Å². The lowest BCUT2D eigenvalue weighted by Crippen LogP contribution is -2.19. The average Bonchev–Trinajstić information content (AvgIpc) is 3.40. The molecule has 0 aliphatic heterocycles. The Morgan fingerprint density at radius 3 is 2.76 bits per heavy atom. The first kappa shape index (κ1) is 21.4. The third kappa shape index (κ3) is 4.06. The fourth-order valence-corrected chi connectivity index (χ4v) is 5.91. The number of non-ortho nitro benzene ring substituents is 1. The zero-order valence-electron chi connectivity index (χ0n) is 17.7. The molecule has 0 bridgehead atoms. The molecular weight excluding hydrogens is 458 g/mol. The number of carbonyl (C=O) groups is 1. The van der Waals surface area contributed by atoms with E-state index in [1.54, 1.807) is 12.1 Å². The quantitative estimate of drug-likeness (QED) is 0.177. The van der Waals surface area contributed by atoms with E-state index in [2.05, 4.69) is 29.3 Å². The monoisotopic (exact) mass is 477 g/mol. The third-order valence-electron chi connectivity index (χ3n) is 5.36. The number of nitro benzene ring substituents is 1. The number of benzene rings is 3. The van der Waals surface area contributed by atoms with Crippen LogP contribution in [-0.2, 0) is 11.3 Å². The van der Waals surface area contributed by atoms with E-state index in [4.69, 9.17) is 4.74 Å². The SMILES string of the molecule is CCOCCn1c(=NC(=O)c2cc3cc([N+](=O)[O-])ccc3s2)sc2c3ccccc3ccc21. The van der Waals surface area contributed by atoms with Crippen LogP contribution in [0.15, 0.2) is 65.7 Å². The van der Waals surface area contributed by atoms with Crippen LogP contribution in [0.3, 0.4) is 0 Å². The van der Waals surface area contributed by atoms with Gasteiger partial charge in [0.1, 0.15) is 0 Å². The van der Waals surface area contributed by atoms with Crippen molar-refractivity contribution in [3.8, 4) is 0 Å².